The van der Waals surface area contributed by atoms with Crippen LogP contribution in [0.5, 0.6) is 0 Å². The van der Waals surface area contributed by atoms with Crippen molar-refractivity contribution < 1.29 is 4.21 Å². The third-order valence-corrected chi connectivity index (χ3v) is 5.45. The summed E-state index contributed by atoms with van der Waals surface area (Å²) in [6.07, 6.45) is 6.66. The van der Waals surface area contributed by atoms with E-state index in [1.54, 1.807) is 0 Å². The van der Waals surface area contributed by atoms with Gasteiger partial charge in [0.1, 0.15) is 0 Å². The van der Waals surface area contributed by atoms with E-state index in [1.165, 1.54) is 32.1 Å². The fraction of sp³-hybridized carbons (Fsp3) is 1.00. The Hall–Kier alpha value is 0.0700. The van der Waals surface area contributed by atoms with Gasteiger partial charge in [0.05, 0.1) is 0 Å². The van der Waals surface area contributed by atoms with Gasteiger partial charge in [0.25, 0.3) is 0 Å². The van der Waals surface area contributed by atoms with E-state index >= 15 is 0 Å². The van der Waals surface area contributed by atoms with Crippen molar-refractivity contribution >= 4 is 10.8 Å². The largest absolute Gasteiger partial charge is 0.330 e. The summed E-state index contributed by atoms with van der Waals surface area (Å²) >= 11 is 0. The first-order valence-corrected chi connectivity index (χ1v) is 8.00. The molecule has 16 heavy (non-hydrogen) atoms. The molecule has 1 saturated heterocycles. The Kier molecular flexibility index (Phi) is 4.39. The van der Waals surface area contributed by atoms with E-state index in [0.717, 1.165) is 37.7 Å². The topological polar surface area (TPSA) is 46.3 Å². The summed E-state index contributed by atoms with van der Waals surface area (Å²) in [4.78, 5) is 2.49. The predicted octanol–water partition coefficient (Wildman–Crippen LogP) is 0.960. The predicted molar refractivity (Wildman–Crippen MR) is 68.9 cm³/mol. The second-order valence-electron chi connectivity index (χ2n) is 5.39. The highest BCUT2D eigenvalue weighted by Crippen LogP contribution is 2.36. The molecule has 1 aliphatic heterocycles. The van der Waals surface area contributed by atoms with Gasteiger partial charge in [-0.2, -0.15) is 0 Å². The maximum atomic E-state index is 11.3. The Bertz CT molecular complexity index is 241. The van der Waals surface area contributed by atoms with Crippen LogP contribution in [-0.4, -0.2) is 46.8 Å². The summed E-state index contributed by atoms with van der Waals surface area (Å²) in [7, 11) is -0.556. The zero-order valence-corrected chi connectivity index (χ0v) is 10.9. The fourth-order valence-corrected chi connectivity index (χ4v) is 4.16. The average Bonchev–Trinajstić information content (AvgIpc) is 2.33. The van der Waals surface area contributed by atoms with Crippen LogP contribution in [0.15, 0.2) is 0 Å². The Labute approximate surface area is 101 Å². The van der Waals surface area contributed by atoms with Crippen molar-refractivity contribution in [3.63, 3.8) is 0 Å². The molecule has 1 aliphatic carbocycles. The van der Waals surface area contributed by atoms with Crippen molar-refractivity contribution in [2.45, 2.75) is 32.1 Å². The summed E-state index contributed by atoms with van der Waals surface area (Å²) in [6.45, 7) is 3.98. The van der Waals surface area contributed by atoms with Crippen LogP contribution < -0.4 is 5.73 Å². The molecule has 94 valence electrons. The van der Waals surface area contributed by atoms with Crippen LogP contribution in [0.1, 0.15) is 32.1 Å². The van der Waals surface area contributed by atoms with Crippen molar-refractivity contribution in [3.05, 3.63) is 0 Å². The minimum atomic E-state index is -0.556. The fourth-order valence-electron chi connectivity index (χ4n) is 3.04. The number of nitrogens with zero attached hydrogens (tertiary/aromatic N) is 1. The maximum Gasteiger partial charge on any atom is 0.0363 e. The molecule has 1 saturated carbocycles. The molecule has 2 aliphatic rings. The first kappa shape index (κ1) is 12.5. The summed E-state index contributed by atoms with van der Waals surface area (Å²) in [5.74, 6) is 1.72. The minimum Gasteiger partial charge on any atom is -0.330 e. The Balaban J connectivity index is 1.88. The Morgan fingerprint density at radius 1 is 1.12 bits per heavy atom. The molecule has 3 nitrogen and oxygen atoms in total. The van der Waals surface area contributed by atoms with Gasteiger partial charge in [-0.1, -0.05) is 19.3 Å². The first-order chi connectivity index (χ1) is 7.74. The molecule has 1 heterocycles. The van der Waals surface area contributed by atoms with Crippen LogP contribution in [0.25, 0.3) is 0 Å². The van der Waals surface area contributed by atoms with Crippen LogP contribution in [0.2, 0.25) is 0 Å². The molecule has 4 heteroatoms. The van der Waals surface area contributed by atoms with E-state index in [2.05, 4.69) is 4.90 Å². The molecular formula is C12H24N2OS. The molecule has 2 fully saturated rings. The lowest BCUT2D eigenvalue weighted by atomic mass is 9.73. The maximum absolute atomic E-state index is 11.3. The molecule has 0 atom stereocenters. The molecule has 0 spiro atoms. The molecule has 2 rings (SSSR count). The Morgan fingerprint density at radius 3 is 2.31 bits per heavy atom. The van der Waals surface area contributed by atoms with Crippen molar-refractivity contribution in [1.29, 1.82) is 0 Å². The second-order valence-corrected chi connectivity index (χ2v) is 7.09. The summed E-state index contributed by atoms with van der Waals surface area (Å²) in [6, 6.07) is 0. The molecule has 0 amide bonds. The molecule has 2 N–H and O–H groups in total. The number of nitrogens with two attached hydrogens (primary N) is 1. The monoisotopic (exact) mass is 244 g/mol. The third kappa shape index (κ3) is 3.05. The summed E-state index contributed by atoms with van der Waals surface area (Å²) < 4.78 is 11.3. The highest BCUT2D eigenvalue weighted by atomic mass is 32.2. The number of hydrogen-bond donors (Lipinski definition) is 1. The van der Waals surface area contributed by atoms with Crippen molar-refractivity contribution in [3.8, 4) is 0 Å². The lowest BCUT2D eigenvalue weighted by Crippen LogP contribution is -2.48. The van der Waals surface area contributed by atoms with Gasteiger partial charge in [0.15, 0.2) is 0 Å². The van der Waals surface area contributed by atoms with Gasteiger partial charge in [0.2, 0.25) is 0 Å². The number of rotatable bonds is 3. The highest BCUT2D eigenvalue weighted by molar-refractivity contribution is 7.85. The summed E-state index contributed by atoms with van der Waals surface area (Å²) in [5, 5.41) is 0. The zero-order valence-electron chi connectivity index (χ0n) is 10.1. The van der Waals surface area contributed by atoms with E-state index < -0.39 is 10.8 Å². The number of hydrogen-bond acceptors (Lipinski definition) is 3. The van der Waals surface area contributed by atoms with E-state index in [1.807, 2.05) is 0 Å². The molecule has 0 bridgehead atoms. The van der Waals surface area contributed by atoms with Crippen LogP contribution in [0.3, 0.4) is 0 Å². The molecular weight excluding hydrogens is 220 g/mol. The van der Waals surface area contributed by atoms with Crippen LogP contribution in [-0.2, 0) is 10.8 Å². The zero-order chi connectivity index (χ0) is 11.4. The van der Waals surface area contributed by atoms with Crippen molar-refractivity contribution in [1.82, 2.24) is 4.90 Å². The van der Waals surface area contributed by atoms with Crippen molar-refractivity contribution in [2.24, 2.45) is 11.1 Å². The molecule has 0 unspecified atom stereocenters. The second kappa shape index (κ2) is 5.61. The minimum absolute atomic E-state index is 0.372. The normalized spacial score (nSPS) is 28.1. The third-order valence-electron chi connectivity index (χ3n) is 4.18. The van der Waals surface area contributed by atoms with Gasteiger partial charge in [0, 0.05) is 41.9 Å². The lowest BCUT2D eigenvalue weighted by molar-refractivity contribution is 0.117. The average molecular weight is 244 g/mol. The molecule has 0 aromatic carbocycles. The lowest BCUT2D eigenvalue weighted by Gasteiger charge is -2.41. The summed E-state index contributed by atoms with van der Waals surface area (Å²) in [5.41, 5.74) is 6.37. The van der Waals surface area contributed by atoms with Gasteiger partial charge >= 0.3 is 0 Å². The molecule has 0 radical (unpaired) electrons. The van der Waals surface area contributed by atoms with Gasteiger partial charge in [-0.25, -0.2) is 0 Å². The van der Waals surface area contributed by atoms with Gasteiger partial charge in [-0.3, -0.25) is 4.21 Å². The van der Waals surface area contributed by atoms with Crippen molar-refractivity contribution in [2.75, 3.05) is 37.7 Å². The van der Waals surface area contributed by atoms with Gasteiger partial charge in [-0.05, 0) is 24.8 Å². The smallest absolute Gasteiger partial charge is 0.0363 e. The van der Waals surface area contributed by atoms with E-state index in [9.17, 15) is 4.21 Å². The van der Waals surface area contributed by atoms with Gasteiger partial charge < -0.3 is 10.6 Å². The van der Waals surface area contributed by atoms with Crippen LogP contribution in [0.4, 0.5) is 0 Å². The quantitative estimate of drug-likeness (QED) is 0.804. The highest BCUT2D eigenvalue weighted by Gasteiger charge is 2.33. The molecule has 0 aromatic rings. The Morgan fingerprint density at radius 2 is 1.75 bits per heavy atom. The van der Waals surface area contributed by atoms with E-state index in [-0.39, 0.29) is 0 Å². The van der Waals surface area contributed by atoms with Gasteiger partial charge in [-0.15, -0.1) is 0 Å². The van der Waals surface area contributed by atoms with E-state index in [0.29, 0.717) is 5.41 Å². The molecule has 0 aromatic heterocycles. The van der Waals surface area contributed by atoms with Crippen LogP contribution in [0, 0.1) is 5.41 Å². The van der Waals surface area contributed by atoms with Crippen LogP contribution >= 0.6 is 0 Å². The van der Waals surface area contributed by atoms with E-state index in [4.69, 9.17) is 5.73 Å². The SMILES string of the molecule is NCC1(CN2CCS(=O)CC2)CCCCC1. The standard InChI is InChI=1S/C12H24N2OS/c13-10-12(4-2-1-3-5-12)11-14-6-8-16(15)9-7-14/h1-11,13H2. The first-order valence-electron chi connectivity index (χ1n) is 6.52.